The average Bonchev–Trinajstić information content (AvgIpc) is 2.76. The van der Waals surface area contributed by atoms with Crippen LogP contribution in [0.2, 0.25) is 0 Å². The highest BCUT2D eigenvalue weighted by Gasteiger charge is 2.17. The van der Waals surface area contributed by atoms with E-state index in [0.717, 1.165) is 18.1 Å². The predicted octanol–water partition coefficient (Wildman–Crippen LogP) is 4.19. The van der Waals surface area contributed by atoms with Gasteiger partial charge < -0.3 is 10.1 Å². The first-order chi connectivity index (χ1) is 9.81. The van der Waals surface area contributed by atoms with Crippen LogP contribution < -0.4 is 10.1 Å². The fourth-order valence-electron chi connectivity index (χ4n) is 3.35. The van der Waals surface area contributed by atoms with Gasteiger partial charge in [0.2, 0.25) is 0 Å². The molecular formula is C18H29NO. The molecule has 1 aromatic carbocycles. The van der Waals surface area contributed by atoms with Gasteiger partial charge in [-0.25, -0.2) is 0 Å². The van der Waals surface area contributed by atoms with Crippen LogP contribution in [0.15, 0.2) is 24.3 Å². The second kappa shape index (κ2) is 8.31. The summed E-state index contributed by atoms with van der Waals surface area (Å²) in [6.07, 6.45) is 11.1. The van der Waals surface area contributed by atoms with Crippen LogP contribution in [0.3, 0.4) is 0 Å². The molecule has 0 spiro atoms. The van der Waals surface area contributed by atoms with Gasteiger partial charge in [0.15, 0.2) is 0 Å². The SMILES string of the molecule is CNC(Cc1ccc(OC)cc1)CC1CCCCCC1. The van der Waals surface area contributed by atoms with Crippen LogP contribution in [0.5, 0.6) is 5.75 Å². The van der Waals surface area contributed by atoms with Crippen molar-refractivity contribution in [3.05, 3.63) is 29.8 Å². The van der Waals surface area contributed by atoms with Gasteiger partial charge in [-0.15, -0.1) is 0 Å². The lowest BCUT2D eigenvalue weighted by atomic mass is 9.90. The number of ether oxygens (including phenoxy) is 1. The highest BCUT2D eigenvalue weighted by Crippen LogP contribution is 2.27. The summed E-state index contributed by atoms with van der Waals surface area (Å²) < 4.78 is 5.22. The third-order valence-corrected chi connectivity index (χ3v) is 4.64. The molecule has 1 saturated carbocycles. The summed E-state index contributed by atoms with van der Waals surface area (Å²) in [5.41, 5.74) is 1.40. The molecule has 1 aromatic rings. The summed E-state index contributed by atoms with van der Waals surface area (Å²) in [4.78, 5) is 0. The molecule has 2 heteroatoms. The van der Waals surface area contributed by atoms with Crippen molar-refractivity contribution in [3.8, 4) is 5.75 Å². The minimum absolute atomic E-state index is 0.603. The Kier molecular flexibility index (Phi) is 6.38. The Balaban J connectivity index is 1.86. The van der Waals surface area contributed by atoms with Gasteiger partial charge in [0, 0.05) is 6.04 Å². The summed E-state index contributed by atoms with van der Waals surface area (Å²) in [5, 5.41) is 3.52. The molecule has 112 valence electrons. The zero-order valence-corrected chi connectivity index (χ0v) is 13.0. The van der Waals surface area contributed by atoms with E-state index in [1.807, 2.05) is 0 Å². The Bertz CT molecular complexity index is 366. The van der Waals surface area contributed by atoms with E-state index in [1.54, 1.807) is 7.11 Å². The van der Waals surface area contributed by atoms with E-state index in [0.29, 0.717) is 6.04 Å². The van der Waals surface area contributed by atoms with Crippen molar-refractivity contribution in [1.82, 2.24) is 5.32 Å². The van der Waals surface area contributed by atoms with Crippen LogP contribution in [0.25, 0.3) is 0 Å². The molecule has 1 atom stereocenters. The molecule has 1 N–H and O–H groups in total. The molecule has 2 nitrogen and oxygen atoms in total. The van der Waals surface area contributed by atoms with Crippen LogP contribution in [0, 0.1) is 5.92 Å². The fraction of sp³-hybridized carbons (Fsp3) is 0.667. The average molecular weight is 275 g/mol. The number of methoxy groups -OCH3 is 1. The van der Waals surface area contributed by atoms with Gasteiger partial charge in [0.05, 0.1) is 7.11 Å². The van der Waals surface area contributed by atoms with Crippen LogP contribution in [0.4, 0.5) is 0 Å². The van der Waals surface area contributed by atoms with Gasteiger partial charge in [-0.3, -0.25) is 0 Å². The van der Waals surface area contributed by atoms with E-state index in [4.69, 9.17) is 4.74 Å². The highest BCUT2D eigenvalue weighted by molar-refractivity contribution is 5.27. The van der Waals surface area contributed by atoms with E-state index < -0.39 is 0 Å². The maximum atomic E-state index is 5.22. The van der Waals surface area contributed by atoms with Crippen molar-refractivity contribution >= 4 is 0 Å². The molecular weight excluding hydrogens is 246 g/mol. The second-order valence-corrected chi connectivity index (χ2v) is 6.13. The molecule has 0 bridgehead atoms. The lowest BCUT2D eigenvalue weighted by Gasteiger charge is -2.22. The zero-order chi connectivity index (χ0) is 14.2. The first-order valence-electron chi connectivity index (χ1n) is 8.12. The van der Waals surface area contributed by atoms with Crippen LogP contribution in [-0.4, -0.2) is 20.2 Å². The molecule has 0 aromatic heterocycles. The molecule has 0 saturated heterocycles. The third-order valence-electron chi connectivity index (χ3n) is 4.64. The van der Waals surface area contributed by atoms with Gasteiger partial charge in [-0.05, 0) is 43.5 Å². The van der Waals surface area contributed by atoms with E-state index in [1.165, 1.54) is 50.5 Å². The Morgan fingerprint density at radius 2 is 1.75 bits per heavy atom. The highest BCUT2D eigenvalue weighted by atomic mass is 16.5. The molecule has 0 amide bonds. The summed E-state index contributed by atoms with van der Waals surface area (Å²) >= 11 is 0. The number of rotatable bonds is 6. The summed E-state index contributed by atoms with van der Waals surface area (Å²) in [6.45, 7) is 0. The van der Waals surface area contributed by atoms with Crippen LogP contribution in [0.1, 0.15) is 50.5 Å². The van der Waals surface area contributed by atoms with Crippen molar-refractivity contribution in [3.63, 3.8) is 0 Å². The van der Waals surface area contributed by atoms with Gasteiger partial charge >= 0.3 is 0 Å². The molecule has 0 heterocycles. The standard InChI is InChI=1S/C18H29NO/c1-19-17(13-15-7-5-3-4-6-8-15)14-16-9-11-18(20-2)12-10-16/h9-12,15,17,19H,3-8,13-14H2,1-2H3. The topological polar surface area (TPSA) is 21.3 Å². The predicted molar refractivity (Wildman–Crippen MR) is 85.4 cm³/mol. The van der Waals surface area contributed by atoms with Crippen molar-refractivity contribution in [2.45, 2.75) is 57.4 Å². The Hall–Kier alpha value is -1.02. The molecule has 1 aliphatic rings. The van der Waals surface area contributed by atoms with E-state index in [9.17, 15) is 0 Å². The monoisotopic (exact) mass is 275 g/mol. The van der Waals surface area contributed by atoms with Crippen molar-refractivity contribution in [2.24, 2.45) is 5.92 Å². The maximum absolute atomic E-state index is 5.22. The summed E-state index contributed by atoms with van der Waals surface area (Å²) in [7, 11) is 3.82. The largest absolute Gasteiger partial charge is 0.497 e. The minimum atomic E-state index is 0.603. The molecule has 0 radical (unpaired) electrons. The Morgan fingerprint density at radius 1 is 1.10 bits per heavy atom. The van der Waals surface area contributed by atoms with Crippen molar-refractivity contribution in [1.29, 1.82) is 0 Å². The van der Waals surface area contributed by atoms with Crippen molar-refractivity contribution in [2.75, 3.05) is 14.2 Å². The first kappa shape index (κ1) is 15.4. The second-order valence-electron chi connectivity index (χ2n) is 6.13. The fourth-order valence-corrected chi connectivity index (χ4v) is 3.35. The Labute approximate surface area is 123 Å². The van der Waals surface area contributed by atoms with Crippen molar-refractivity contribution < 1.29 is 4.74 Å². The molecule has 1 unspecified atom stereocenters. The molecule has 0 aliphatic heterocycles. The maximum Gasteiger partial charge on any atom is 0.118 e. The molecule has 1 aliphatic carbocycles. The number of benzene rings is 1. The zero-order valence-electron chi connectivity index (χ0n) is 13.0. The first-order valence-corrected chi connectivity index (χ1v) is 8.12. The lowest BCUT2D eigenvalue weighted by Crippen LogP contribution is -2.30. The van der Waals surface area contributed by atoms with Crippen LogP contribution in [-0.2, 0) is 6.42 Å². The number of likely N-dealkylation sites (N-methyl/N-ethyl adjacent to an activating group) is 1. The molecule has 2 rings (SSSR count). The Morgan fingerprint density at radius 3 is 2.30 bits per heavy atom. The van der Waals surface area contributed by atoms with Gasteiger partial charge in [0.25, 0.3) is 0 Å². The van der Waals surface area contributed by atoms with E-state index in [-0.39, 0.29) is 0 Å². The minimum Gasteiger partial charge on any atom is -0.497 e. The number of hydrogen-bond acceptors (Lipinski definition) is 2. The smallest absolute Gasteiger partial charge is 0.118 e. The lowest BCUT2D eigenvalue weighted by molar-refractivity contribution is 0.361. The van der Waals surface area contributed by atoms with Gasteiger partial charge in [-0.1, -0.05) is 50.7 Å². The normalized spacial score (nSPS) is 18.5. The van der Waals surface area contributed by atoms with Crippen LogP contribution >= 0.6 is 0 Å². The quantitative estimate of drug-likeness (QED) is 0.786. The van der Waals surface area contributed by atoms with E-state index >= 15 is 0 Å². The number of nitrogens with one attached hydrogen (secondary N) is 1. The van der Waals surface area contributed by atoms with E-state index in [2.05, 4.69) is 36.6 Å². The summed E-state index contributed by atoms with van der Waals surface area (Å²) in [5.74, 6) is 1.87. The number of hydrogen-bond donors (Lipinski definition) is 1. The molecule has 1 fully saturated rings. The van der Waals surface area contributed by atoms with Gasteiger partial charge in [-0.2, -0.15) is 0 Å². The molecule has 20 heavy (non-hydrogen) atoms. The van der Waals surface area contributed by atoms with Gasteiger partial charge in [0.1, 0.15) is 5.75 Å². The third kappa shape index (κ3) is 4.82. The summed E-state index contributed by atoms with van der Waals surface area (Å²) in [6, 6.07) is 9.11.